The lowest BCUT2D eigenvalue weighted by Crippen LogP contribution is -2.31. The molecule has 2 aromatic heterocycles. The molecule has 3 rings (SSSR count). The molecule has 3 aromatic rings. The third kappa shape index (κ3) is 3.35. The highest BCUT2D eigenvalue weighted by Gasteiger charge is 2.11. The Labute approximate surface area is 138 Å². The molecule has 9 heteroatoms. The summed E-state index contributed by atoms with van der Waals surface area (Å²) in [5, 5.41) is 7.64. The van der Waals surface area contributed by atoms with E-state index in [2.05, 4.69) is 15.0 Å². The first-order valence-corrected chi connectivity index (χ1v) is 8.36. The molecule has 0 atom stereocenters. The number of benzene rings is 1. The second kappa shape index (κ2) is 6.28. The van der Waals surface area contributed by atoms with Gasteiger partial charge in [-0.05, 0) is 24.3 Å². The summed E-state index contributed by atoms with van der Waals surface area (Å²) in [5.74, 6) is 1.38. The molecule has 8 nitrogen and oxygen atoms in total. The number of hydrogen-bond donors (Lipinski definition) is 0. The molecule has 124 valence electrons. The van der Waals surface area contributed by atoms with Crippen LogP contribution in [0, 0.1) is 6.92 Å². The van der Waals surface area contributed by atoms with E-state index in [0.29, 0.717) is 23.1 Å². The van der Waals surface area contributed by atoms with Crippen molar-refractivity contribution in [2.45, 2.75) is 11.8 Å². The molecule has 0 amide bonds. The van der Waals surface area contributed by atoms with E-state index in [0.717, 1.165) is 0 Å². The Morgan fingerprint density at radius 3 is 2.29 bits per heavy atom. The summed E-state index contributed by atoms with van der Waals surface area (Å²) in [6.45, 7) is 1.69. The average molecular weight is 346 g/mol. The number of aromatic nitrogens is 3. The van der Waals surface area contributed by atoms with Gasteiger partial charge in [0.1, 0.15) is 5.75 Å². The summed E-state index contributed by atoms with van der Waals surface area (Å²) in [7, 11) is -2.32. The fourth-order valence-electron chi connectivity index (χ4n) is 1.95. The molecule has 1 aromatic carbocycles. The highest BCUT2D eigenvalue weighted by Crippen LogP contribution is 2.19. The molecular formula is C15H14N4O4S. The maximum Gasteiger partial charge on any atom is 0.248 e. The first kappa shape index (κ1) is 15.9. The zero-order valence-corrected chi connectivity index (χ0v) is 13.8. The molecular weight excluding hydrogens is 332 g/mol. The molecule has 0 spiro atoms. The maximum atomic E-state index is 12.3. The van der Waals surface area contributed by atoms with Crippen LogP contribution in [0.25, 0.3) is 16.3 Å². The zero-order valence-electron chi connectivity index (χ0n) is 12.9. The van der Waals surface area contributed by atoms with E-state index in [1.807, 2.05) is 0 Å². The van der Waals surface area contributed by atoms with Gasteiger partial charge in [-0.15, -0.1) is 10.2 Å². The van der Waals surface area contributed by atoms with E-state index in [1.54, 1.807) is 31.2 Å². The summed E-state index contributed by atoms with van der Waals surface area (Å²) in [4.78, 5) is 3.81. The van der Waals surface area contributed by atoms with Crippen LogP contribution >= 0.6 is 0 Å². The molecule has 0 bridgehead atoms. The molecule has 0 unspecified atom stereocenters. The van der Waals surface area contributed by atoms with Crippen molar-refractivity contribution in [1.82, 2.24) is 10.2 Å². The van der Waals surface area contributed by atoms with Crippen LogP contribution < -0.4 is 9.41 Å². The van der Waals surface area contributed by atoms with Crippen LogP contribution in [0.2, 0.25) is 0 Å². The van der Waals surface area contributed by atoms with Crippen LogP contribution in [0.15, 0.2) is 58.1 Å². The monoisotopic (exact) mass is 346 g/mol. The van der Waals surface area contributed by atoms with Crippen LogP contribution in [0.3, 0.4) is 0 Å². The molecule has 2 heterocycles. The summed E-state index contributed by atoms with van der Waals surface area (Å²) in [6, 6.07) is 9.28. The fourth-order valence-corrected chi connectivity index (χ4v) is 2.88. The first-order valence-electron chi connectivity index (χ1n) is 6.92. The zero-order chi connectivity index (χ0) is 17.2. The van der Waals surface area contributed by atoms with Gasteiger partial charge < -0.3 is 14.0 Å². The summed E-state index contributed by atoms with van der Waals surface area (Å²) in [6.07, 6.45) is 2.99. The molecule has 0 saturated carbocycles. The highest BCUT2D eigenvalue weighted by atomic mass is 32.2. The third-order valence-corrected chi connectivity index (χ3v) is 4.42. The van der Waals surface area contributed by atoms with E-state index < -0.39 is 10.0 Å². The van der Waals surface area contributed by atoms with Crippen molar-refractivity contribution in [3.63, 3.8) is 0 Å². The van der Waals surface area contributed by atoms with Crippen molar-refractivity contribution in [3.8, 4) is 17.2 Å². The Bertz CT molecular complexity index is 934. The van der Waals surface area contributed by atoms with Crippen molar-refractivity contribution in [2.75, 3.05) is 7.11 Å². The Balaban J connectivity index is 1.79. The number of nitrogens with zero attached hydrogens (tertiary/aromatic N) is 4. The van der Waals surface area contributed by atoms with Gasteiger partial charge in [-0.3, -0.25) is 0 Å². The summed E-state index contributed by atoms with van der Waals surface area (Å²) in [5.41, 5.74) is 0.670. The first-order chi connectivity index (χ1) is 11.5. The Morgan fingerprint density at radius 1 is 1.08 bits per heavy atom. The molecule has 0 N–H and O–H groups in total. The largest absolute Gasteiger partial charge is 0.497 e. The predicted molar refractivity (Wildman–Crippen MR) is 83.6 cm³/mol. The number of rotatable bonds is 5. The second-order valence-electron chi connectivity index (χ2n) is 4.83. The third-order valence-electron chi connectivity index (χ3n) is 3.15. The van der Waals surface area contributed by atoms with Gasteiger partial charge in [-0.25, -0.2) is 13.1 Å². The minimum atomic E-state index is -3.83. The van der Waals surface area contributed by atoms with E-state index in [4.69, 9.17) is 9.15 Å². The topological polar surface area (TPSA) is 100 Å². The van der Waals surface area contributed by atoms with Crippen LogP contribution in [0.1, 0.15) is 5.89 Å². The minimum Gasteiger partial charge on any atom is -0.497 e. The fraction of sp³-hybridized carbons (Fsp3) is 0.133. The molecule has 0 aliphatic heterocycles. The van der Waals surface area contributed by atoms with Gasteiger partial charge >= 0.3 is 0 Å². The lowest BCUT2D eigenvalue weighted by molar-refractivity contribution is -0.613. The van der Waals surface area contributed by atoms with Gasteiger partial charge in [0.2, 0.25) is 11.8 Å². The number of ether oxygens (including phenoxy) is 1. The number of sulfonamides is 1. The number of pyridine rings is 1. The quantitative estimate of drug-likeness (QED) is 0.654. The molecule has 0 fully saturated rings. The minimum absolute atomic E-state index is 0.0763. The smallest absolute Gasteiger partial charge is 0.248 e. The van der Waals surface area contributed by atoms with Gasteiger partial charge in [0.05, 0.1) is 17.6 Å². The molecule has 0 aliphatic carbocycles. The summed E-state index contributed by atoms with van der Waals surface area (Å²) >= 11 is 0. The normalized spacial score (nSPS) is 11.2. The Kier molecular flexibility index (Phi) is 4.17. The van der Waals surface area contributed by atoms with Crippen molar-refractivity contribution in [3.05, 3.63) is 59.5 Å². The Hall–Kier alpha value is -2.94. The summed E-state index contributed by atoms with van der Waals surface area (Å²) < 4.78 is 36.1. The molecule has 0 aliphatic rings. The Morgan fingerprint density at radius 2 is 1.75 bits per heavy atom. The van der Waals surface area contributed by atoms with Crippen molar-refractivity contribution in [1.29, 1.82) is 0 Å². The number of hydrogen-bond acceptors (Lipinski definition) is 6. The van der Waals surface area contributed by atoms with Crippen molar-refractivity contribution >= 4 is 10.0 Å². The van der Waals surface area contributed by atoms with E-state index in [-0.39, 0.29) is 4.90 Å². The van der Waals surface area contributed by atoms with Crippen molar-refractivity contribution < 1.29 is 22.2 Å². The van der Waals surface area contributed by atoms with Gasteiger partial charge in [-0.1, -0.05) is 0 Å². The van der Waals surface area contributed by atoms with Crippen LogP contribution in [-0.2, 0) is 10.0 Å². The molecule has 24 heavy (non-hydrogen) atoms. The van der Waals surface area contributed by atoms with Crippen LogP contribution in [0.5, 0.6) is 5.75 Å². The lowest BCUT2D eigenvalue weighted by Gasteiger charge is -2.14. The number of methoxy groups -OCH3 is 1. The lowest BCUT2D eigenvalue weighted by atomic mass is 10.3. The molecule has 0 saturated heterocycles. The highest BCUT2D eigenvalue weighted by molar-refractivity contribution is 7.93. The second-order valence-corrected chi connectivity index (χ2v) is 6.41. The standard InChI is InChI=1S/C15H14N4O4S/c1-11-16-17-15(23-11)12-7-9-19(10-8-12)18-24(20,21)14-5-3-13(22-2)4-6-14/h3-10H,1-2H3. The van der Waals surface area contributed by atoms with Gasteiger partial charge in [0.15, 0.2) is 22.4 Å². The SMILES string of the molecule is COc1ccc(S(=O)(=O)[N-][n+]2ccc(-c3nnc(C)o3)cc2)cc1. The number of aryl methyl sites for hydroxylation is 1. The van der Waals surface area contributed by atoms with E-state index >= 15 is 0 Å². The molecule has 0 radical (unpaired) electrons. The van der Waals surface area contributed by atoms with E-state index in [9.17, 15) is 8.42 Å². The van der Waals surface area contributed by atoms with Gasteiger partial charge in [0, 0.05) is 19.1 Å². The van der Waals surface area contributed by atoms with E-state index in [1.165, 1.54) is 36.3 Å². The maximum absolute atomic E-state index is 12.3. The van der Waals surface area contributed by atoms with Gasteiger partial charge in [-0.2, -0.15) is 0 Å². The predicted octanol–water partition coefficient (Wildman–Crippen LogP) is 1.87. The van der Waals surface area contributed by atoms with Crippen LogP contribution in [0.4, 0.5) is 0 Å². The van der Waals surface area contributed by atoms with Gasteiger partial charge in [0.25, 0.3) is 0 Å². The van der Waals surface area contributed by atoms with Crippen LogP contribution in [-0.4, -0.2) is 25.7 Å². The average Bonchev–Trinajstić information content (AvgIpc) is 3.02. The van der Waals surface area contributed by atoms with Crippen molar-refractivity contribution in [2.24, 2.45) is 0 Å².